The van der Waals surface area contributed by atoms with Crippen LogP contribution in [-0.2, 0) is 4.79 Å². The molecule has 1 fully saturated rings. The van der Waals surface area contributed by atoms with E-state index in [4.69, 9.17) is 0 Å². The highest BCUT2D eigenvalue weighted by atomic mass is 16.2. The highest BCUT2D eigenvalue weighted by Gasteiger charge is 2.19. The quantitative estimate of drug-likeness (QED) is 0.792. The average molecular weight is 324 g/mol. The van der Waals surface area contributed by atoms with Crippen LogP contribution in [0.2, 0.25) is 0 Å². The minimum absolute atomic E-state index is 0.0577. The topological polar surface area (TPSA) is 73.5 Å². The molecule has 24 heavy (non-hydrogen) atoms. The summed E-state index contributed by atoms with van der Waals surface area (Å²) < 4.78 is 0. The number of hydrogen-bond acceptors (Lipinski definition) is 3. The van der Waals surface area contributed by atoms with Gasteiger partial charge in [0.1, 0.15) is 6.54 Å². The fourth-order valence-corrected chi connectivity index (χ4v) is 2.57. The van der Waals surface area contributed by atoms with Crippen LogP contribution >= 0.6 is 0 Å². The summed E-state index contributed by atoms with van der Waals surface area (Å²) in [5, 5.41) is 8.85. The van der Waals surface area contributed by atoms with Crippen LogP contribution < -0.4 is 16.0 Å². The molecule has 3 rings (SSSR count). The molecule has 2 aromatic rings. The van der Waals surface area contributed by atoms with Gasteiger partial charge in [-0.05, 0) is 36.8 Å². The van der Waals surface area contributed by atoms with Crippen LogP contribution in [0.3, 0.4) is 0 Å². The van der Waals surface area contributed by atoms with Crippen molar-refractivity contribution >= 4 is 29.0 Å². The number of carbonyl (C=O) groups excluding carboxylic acids is 2. The lowest BCUT2D eigenvalue weighted by Gasteiger charge is -2.26. The van der Waals surface area contributed by atoms with Crippen LogP contribution in [0.5, 0.6) is 0 Å². The minimum Gasteiger partial charge on any atom is -0.355 e. The molecular weight excluding hydrogens is 304 g/mol. The number of rotatable bonds is 5. The number of hydrogen-bond donors (Lipinski definition) is 3. The lowest BCUT2D eigenvalue weighted by Crippen LogP contribution is -2.49. The smallest absolute Gasteiger partial charge is 0.317 e. The summed E-state index contributed by atoms with van der Waals surface area (Å²) in [5.41, 5.74) is 2.55. The summed E-state index contributed by atoms with van der Waals surface area (Å²) in [7, 11) is 0. The number of nitrogens with zero attached hydrogens (tertiary/aromatic N) is 1. The third-order valence-corrected chi connectivity index (χ3v) is 3.71. The van der Waals surface area contributed by atoms with E-state index in [0.717, 1.165) is 17.8 Å². The van der Waals surface area contributed by atoms with E-state index in [9.17, 15) is 9.59 Å². The van der Waals surface area contributed by atoms with E-state index < -0.39 is 0 Å². The average Bonchev–Trinajstić information content (AvgIpc) is 2.58. The summed E-state index contributed by atoms with van der Waals surface area (Å²) in [6.07, 6.45) is 0.857. The number of para-hydroxylation sites is 1. The third kappa shape index (κ3) is 4.25. The Balaban J connectivity index is 1.59. The maximum atomic E-state index is 12.1. The minimum atomic E-state index is -0.205. The summed E-state index contributed by atoms with van der Waals surface area (Å²) in [5.74, 6) is -0.205. The summed E-state index contributed by atoms with van der Waals surface area (Å²) in [6, 6.07) is 17.1. The second-order valence-corrected chi connectivity index (χ2v) is 5.63. The van der Waals surface area contributed by atoms with Crippen molar-refractivity contribution in [2.45, 2.75) is 6.42 Å². The van der Waals surface area contributed by atoms with Crippen molar-refractivity contribution in [2.24, 2.45) is 0 Å². The molecule has 1 saturated heterocycles. The van der Waals surface area contributed by atoms with Crippen molar-refractivity contribution < 1.29 is 9.59 Å². The van der Waals surface area contributed by atoms with Gasteiger partial charge >= 0.3 is 6.03 Å². The number of nitrogens with one attached hydrogen (secondary N) is 3. The molecule has 3 N–H and O–H groups in total. The van der Waals surface area contributed by atoms with Crippen LogP contribution in [0.1, 0.15) is 6.42 Å². The lowest BCUT2D eigenvalue weighted by atomic mass is 10.2. The molecule has 0 aliphatic carbocycles. The zero-order valence-corrected chi connectivity index (χ0v) is 13.3. The maximum Gasteiger partial charge on any atom is 0.317 e. The van der Waals surface area contributed by atoms with E-state index >= 15 is 0 Å². The molecule has 3 amide bonds. The van der Waals surface area contributed by atoms with Crippen LogP contribution in [0.4, 0.5) is 21.9 Å². The molecule has 6 nitrogen and oxygen atoms in total. The first-order valence-electron chi connectivity index (χ1n) is 7.95. The molecule has 124 valence electrons. The Morgan fingerprint density at radius 3 is 2.58 bits per heavy atom. The molecule has 0 saturated carbocycles. The van der Waals surface area contributed by atoms with Gasteiger partial charge in [0.15, 0.2) is 0 Å². The Bertz CT molecular complexity index is 718. The monoisotopic (exact) mass is 324 g/mol. The molecule has 0 spiro atoms. The van der Waals surface area contributed by atoms with Gasteiger partial charge in [0.05, 0.1) is 0 Å². The van der Waals surface area contributed by atoms with E-state index in [1.165, 1.54) is 4.90 Å². The highest BCUT2D eigenvalue weighted by Crippen LogP contribution is 2.19. The summed E-state index contributed by atoms with van der Waals surface area (Å²) in [6.45, 7) is 1.33. The molecule has 0 aromatic heterocycles. The van der Waals surface area contributed by atoms with Gasteiger partial charge in [-0.15, -0.1) is 0 Å². The summed E-state index contributed by atoms with van der Waals surface area (Å²) in [4.78, 5) is 25.3. The Hall–Kier alpha value is -3.02. The van der Waals surface area contributed by atoms with Crippen molar-refractivity contribution in [3.05, 3.63) is 54.6 Å². The van der Waals surface area contributed by atoms with Gasteiger partial charge in [0.25, 0.3) is 0 Å². The van der Waals surface area contributed by atoms with Crippen molar-refractivity contribution in [3.8, 4) is 0 Å². The Morgan fingerprint density at radius 1 is 1.04 bits per heavy atom. The predicted molar refractivity (Wildman–Crippen MR) is 94.4 cm³/mol. The molecule has 1 aliphatic rings. The second-order valence-electron chi connectivity index (χ2n) is 5.63. The number of urea groups is 1. The van der Waals surface area contributed by atoms with Crippen LogP contribution in [-0.4, -0.2) is 36.5 Å². The van der Waals surface area contributed by atoms with Crippen LogP contribution in [0, 0.1) is 0 Å². The van der Waals surface area contributed by atoms with Crippen LogP contribution in [0.25, 0.3) is 0 Å². The SMILES string of the molecule is O=C(CN1CCCNC1=O)Nc1cccc(Nc2ccccc2)c1. The van der Waals surface area contributed by atoms with Gasteiger partial charge < -0.3 is 20.9 Å². The van der Waals surface area contributed by atoms with Gasteiger partial charge in [-0.2, -0.15) is 0 Å². The molecule has 6 heteroatoms. The van der Waals surface area contributed by atoms with Crippen molar-refractivity contribution in [1.29, 1.82) is 0 Å². The second kappa shape index (κ2) is 7.50. The number of amides is 3. The Labute approximate surface area is 140 Å². The first-order chi connectivity index (χ1) is 11.7. The molecule has 1 heterocycles. The van der Waals surface area contributed by atoms with E-state index in [1.807, 2.05) is 54.6 Å². The summed E-state index contributed by atoms with van der Waals surface area (Å²) >= 11 is 0. The van der Waals surface area contributed by atoms with E-state index in [1.54, 1.807) is 0 Å². The molecule has 0 atom stereocenters. The van der Waals surface area contributed by atoms with Gasteiger partial charge in [0, 0.05) is 30.2 Å². The van der Waals surface area contributed by atoms with E-state index in [-0.39, 0.29) is 18.5 Å². The molecular formula is C18H20N4O2. The largest absolute Gasteiger partial charge is 0.355 e. The lowest BCUT2D eigenvalue weighted by molar-refractivity contribution is -0.116. The first-order valence-corrected chi connectivity index (χ1v) is 7.95. The highest BCUT2D eigenvalue weighted by molar-refractivity contribution is 5.94. The zero-order chi connectivity index (χ0) is 16.8. The van der Waals surface area contributed by atoms with Gasteiger partial charge in [-0.1, -0.05) is 24.3 Å². The fourth-order valence-electron chi connectivity index (χ4n) is 2.57. The fraction of sp³-hybridized carbons (Fsp3) is 0.222. The maximum absolute atomic E-state index is 12.1. The van der Waals surface area contributed by atoms with Crippen molar-refractivity contribution in [3.63, 3.8) is 0 Å². The molecule has 0 bridgehead atoms. The van der Waals surface area contributed by atoms with Gasteiger partial charge in [-0.3, -0.25) is 4.79 Å². The Morgan fingerprint density at radius 2 is 1.79 bits per heavy atom. The standard InChI is InChI=1S/C18H20N4O2/c23-17(13-22-11-5-10-19-18(22)24)21-16-9-4-8-15(12-16)20-14-6-2-1-3-7-14/h1-4,6-9,12,20H,5,10-11,13H2,(H,19,24)(H,21,23). The Kier molecular flexibility index (Phi) is 4.96. The zero-order valence-electron chi connectivity index (χ0n) is 13.3. The third-order valence-electron chi connectivity index (χ3n) is 3.71. The van der Waals surface area contributed by atoms with E-state index in [0.29, 0.717) is 18.8 Å². The van der Waals surface area contributed by atoms with E-state index in [2.05, 4.69) is 16.0 Å². The predicted octanol–water partition coefficient (Wildman–Crippen LogP) is 2.78. The number of benzene rings is 2. The van der Waals surface area contributed by atoms with Gasteiger partial charge in [0.2, 0.25) is 5.91 Å². The molecule has 1 aliphatic heterocycles. The van der Waals surface area contributed by atoms with Crippen molar-refractivity contribution in [1.82, 2.24) is 10.2 Å². The normalized spacial score (nSPS) is 14.0. The molecule has 0 radical (unpaired) electrons. The number of carbonyl (C=O) groups is 2. The molecule has 2 aromatic carbocycles. The first kappa shape index (κ1) is 15.9. The number of anilines is 3. The van der Waals surface area contributed by atoms with Crippen molar-refractivity contribution in [2.75, 3.05) is 30.3 Å². The van der Waals surface area contributed by atoms with Gasteiger partial charge in [-0.25, -0.2) is 4.79 Å². The van der Waals surface area contributed by atoms with Crippen LogP contribution in [0.15, 0.2) is 54.6 Å². The molecule has 0 unspecified atom stereocenters.